The molecule has 1 N–H and O–H groups in total. The van der Waals surface area contributed by atoms with Crippen LogP contribution < -0.4 is 9.80 Å². The summed E-state index contributed by atoms with van der Waals surface area (Å²) in [5.41, 5.74) is 3.95. The minimum atomic E-state index is -0.556. The van der Waals surface area contributed by atoms with Crippen LogP contribution in [0.3, 0.4) is 0 Å². The first-order chi connectivity index (χ1) is 13.0. The third-order valence-electron chi connectivity index (χ3n) is 6.14. The SMILES string of the molecule is CN(C)c1ccc(/C=C/C23OCCN2c2ccccc2C3(C)CCO)cc1. The van der Waals surface area contributed by atoms with Crippen molar-refractivity contribution in [2.45, 2.75) is 24.5 Å². The van der Waals surface area contributed by atoms with E-state index in [4.69, 9.17) is 4.74 Å². The molecule has 4 rings (SSSR count). The van der Waals surface area contributed by atoms with Gasteiger partial charge in [0.2, 0.25) is 0 Å². The van der Waals surface area contributed by atoms with Crippen LogP contribution in [0.15, 0.2) is 54.6 Å². The smallest absolute Gasteiger partial charge is 0.170 e. The maximum Gasteiger partial charge on any atom is 0.170 e. The van der Waals surface area contributed by atoms with Gasteiger partial charge in [0, 0.05) is 44.0 Å². The highest BCUT2D eigenvalue weighted by molar-refractivity contribution is 5.70. The predicted molar refractivity (Wildman–Crippen MR) is 111 cm³/mol. The number of ether oxygens (including phenoxy) is 1. The molecule has 0 amide bonds. The summed E-state index contributed by atoms with van der Waals surface area (Å²) in [6.07, 6.45) is 5.00. The summed E-state index contributed by atoms with van der Waals surface area (Å²) < 4.78 is 6.42. The quantitative estimate of drug-likeness (QED) is 0.878. The van der Waals surface area contributed by atoms with E-state index in [0.717, 1.165) is 12.1 Å². The lowest BCUT2D eigenvalue weighted by molar-refractivity contribution is -0.0153. The molecule has 2 atom stereocenters. The van der Waals surface area contributed by atoms with Crippen LogP contribution in [0.5, 0.6) is 0 Å². The van der Waals surface area contributed by atoms with Crippen molar-refractivity contribution in [3.63, 3.8) is 0 Å². The lowest BCUT2D eigenvalue weighted by Crippen LogP contribution is -2.53. The number of aliphatic hydroxyl groups excluding tert-OH is 1. The summed E-state index contributed by atoms with van der Waals surface area (Å²) in [6, 6.07) is 17.0. The zero-order valence-electron chi connectivity index (χ0n) is 16.4. The second-order valence-corrected chi connectivity index (χ2v) is 7.84. The molecule has 0 bridgehead atoms. The van der Waals surface area contributed by atoms with Gasteiger partial charge in [-0.3, -0.25) is 0 Å². The molecule has 142 valence electrons. The average molecular weight is 364 g/mol. The Labute approximate surface area is 161 Å². The Morgan fingerprint density at radius 1 is 1.15 bits per heavy atom. The molecule has 2 unspecified atom stereocenters. The molecule has 2 aromatic rings. The van der Waals surface area contributed by atoms with Gasteiger partial charge < -0.3 is 19.6 Å². The molecule has 0 radical (unpaired) electrons. The van der Waals surface area contributed by atoms with E-state index in [2.05, 4.69) is 77.4 Å². The second kappa shape index (κ2) is 6.70. The Hall–Kier alpha value is -2.30. The monoisotopic (exact) mass is 364 g/mol. The average Bonchev–Trinajstić information content (AvgIpc) is 3.19. The highest BCUT2D eigenvalue weighted by atomic mass is 16.5. The standard InChI is InChI=1S/C23H28N2O2/c1-22(14-16-26)20-6-4-5-7-21(20)25-15-17-27-23(22,25)13-12-18-8-10-19(11-9-18)24(2)3/h4-13,26H,14-17H2,1-3H3/b13-12+. The number of fused-ring (bicyclic) bond motifs is 3. The van der Waals surface area contributed by atoms with Crippen LogP contribution in [-0.2, 0) is 10.2 Å². The minimum Gasteiger partial charge on any atom is -0.396 e. The Balaban J connectivity index is 1.75. The van der Waals surface area contributed by atoms with Gasteiger partial charge in [0.15, 0.2) is 5.72 Å². The van der Waals surface area contributed by atoms with Crippen molar-refractivity contribution in [1.82, 2.24) is 0 Å². The lowest BCUT2D eigenvalue weighted by atomic mass is 9.73. The normalized spacial score (nSPS) is 26.4. The Morgan fingerprint density at radius 2 is 1.89 bits per heavy atom. The number of aliphatic hydroxyl groups is 1. The number of benzene rings is 2. The van der Waals surface area contributed by atoms with Crippen molar-refractivity contribution in [2.24, 2.45) is 0 Å². The van der Waals surface area contributed by atoms with E-state index in [9.17, 15) is 5.11 Å². The Kier molecular flexibility index (Phi) is 4.49. The highest BCUT2D eigenvalue weighted by Crippen LogP contribution is 2.56. The molecule has 2 aromatic carbocycles. The first kappa shape index (κ1) is 18.1. The number of rotatable bonds is 5. The van der Waals surface area contributed by atoms with Crippen molar-refractivity contribution in [1.29, 1.82) is 0 Å². The van der Waals surface area contributed by atoms with Crippen LogP contribution in [0, 0.1) is 0 Å². The summed E-state index contributed by atoms with van der Waals surface area (Å²) in [7, 11) is 4.09. The molecule has 4 heteroatoms. The van der Waals surface area contributed by atoms with E-state index in [-0.39, 0.29) is 12.0 Å². The second-order valence-electron chi connectivity index (χ2n) is 7.84. The number of nitrogens with zero attached hydrogens (tertiary/aromatic N) is 2. The fraction of sp³-hybridized carbons (Fsp3) is 0.391. The fourth-order valence-corrected chi connectivity index (χ4v) is 4.61. The van der Waals surface area contributed by atoms with Crippen LogP contribution in [0.25, 0.3) is 6.08 Å². The molecular weight excluding hydrogens is 336 g/mol. The van der Waals surface area contributed by atoms with Gasteiger partial charge in [0.25, 0.3) is 0 Å². The summed E-state index contributed by atoms with van der Waals surface area (Å²) in [5.74, 6) is 0. The lowest BCUT2D eigenvalue weighted by Gasteiger charge is -2.42. The maximum absolute atomic E-state index is 9.82. The molecule has 4 nitrogen and oxygen atoms in total. The van der Waals surface area contributed by atoms with Crippen molar-refractivity contribution in [3.8, 4) is 0 Å². The van der Waals surface area contributed by atoms with Gasteiger partial charge in [-0.15, -0.1) is 0 Å². The minimum absolute atomic E-state index is 0.134. The van der Waals surface area contributed by atoms with E-state index < -0.39 is 5.72 Å². The van der Waals surface area contributed by atoms with E-state index in [1.807, 2.05) is 14.1 Å². The van der Waals surface area contributed by atoms with Crippen molar-refractivity contribution >= 4 is 17.5 Å². The molecule has 0 spiro atoms. The molecule has 2 aliphatic heterocycles. The topological polar surface area (TPSA) is 35.9 Å². The van der Waals surface area contributed by atoms with Crippen molar-refractivity contribution < 1.29 is 9.84 Å². The fourth-order valence-electron chi connectivity index (χ4n) is 4.61. The van der Waals surface area contributed by atoms with Crippen molar-refractivity contribution in [2.75, 3.05) is 43.7 Å². The highest BCUT2D eigenvalue weighted by Gasteiger charge is 2.60. The van der Waals surface area contributed by atoms with Crippen LogP contribution in [-0.4, -0.2) is 44.7 Å². The number of anilines is 2. The number of para-hydroxylation sites is 1. The molecule has 0 aliphatic carbocycles. The van der Waals surface area contributed by atoms with Gasteiger partial charge in [-0.1, -0.05) is 43.3 Å². The van der Waals surface area contributed by atoms with Gasteiger partial charge >= 0.3 is 0 Å². The van der Waals surface area contributed by atoms with Crippen LogP contribution in [0.2, 0.25) is 0 Å². The Morgan fingerprint density at radius 3 is 2.59 bits per heavy atom. The summed E-state index contributed by atoms with van der Waals surface area (Å²) in [4.78, 5) is 4.46. The zero-order chi connectivity index (χ0) is 19.1. The molecule has 1 fully saturated rings. The van der Waals surface area contributed by atoms with Crippen LogP contribution in [0.1, 0.15) is 24.5 Å². The Bertz CT molecular complexity index is 846. The predicted octanol–water partition coefficient (Wildman–Crippen LogP) is 3.65. The largest absolute Gasteiger partial charge is 0.396 e. The van der Waals surface area contributed by atoms with Gasteiger partial charge in [0.1, 0.15) is 0 Å². The van der Waals surface area contributed by atoms with E-state index in [1.54, 1.807) is 0 Å². The van der Waals surface area contributed by atoms with Crippen molar-refractivity contribution in [3.05, 3.63) is 65.7 Å². The summed E-state index contributed by atoms with van der Waals surface area (Å²) >= 11 is 0. The number of hydrogen-bond donors (Lipinski definition) is 1. The third-order valence-corrected chi connectivity index (χ3v) is 6.14. The van der Waals surface area contributed by atoms with Crippen LogP contribution >= 0.6 is 0 Å². The van der Waals surface area contributed by atoms with Gasteiger partial charge in [-0.2, -0.15) is 0 Å². The first-order valence-corrected chi connectivity index (χ1v) is 9.60. The van der Waals surface area contributed by atoms with Crippen LogP contribution in [0.4, 0.5) is 11.4 Å². The summed E-state index contributed by atoms with van der Waals surface area (Å²) in [5, 5.41) is 9.82. The molecule has 1 saturated heterocycles. The molecular formula is C23H28N2O2. The van der Waals surface area contributed by atoms with Gasteiger partial charge in [-0.25, -0.2) is 0 Å². The number of hydrogen-bond acceptors (Lipinski definition) is 4. The van der Waals surface area contributed by atoms with E-state index in [0.29, 0.717) is 13.0 Å². The maximum atomic E-state index is 9.82. The molecule has 2 heterocycles. The molecule has 0 saturated carbocycles. The molecule has 2 aliphatic rings. The van der Waals surface area contributed by atoms with Gasteiger partial charge in [-0.05, 0) is 41.8 Å². The van der Waals surface area contributed by atoms with E-state index >= 15 is 0 Å². The molecule has 0 aromatic heterocycles. The molecule has 27 heavy (non-hydrogen) atoms. The van der Waals surface area contributed by atoms with E-state index in [1.165, 1.54) is 16.9 Å². The summed E-state index contributed by atoms with van der Waals surface area (Å²) in [6.45, 7) is 3.91. The zero-order valence-corrected chi connectivity index (χ0v) is 16.4. The van der Waals surface area contributed by atoms with Gasteiger partial charge in [0.05, 0.1) is 6.61 Å². The third kappa shape index (κ3) is 2.67. The first-order valence-electron chi connectivity index (χ1n) is 9.60.